The second-order valence-electron chi connectivity index (χ2n) is 3.44. The van der Waals surface area contributed by atoms with Crippen molar-refractivity contribution >= 4 is 5.78 Å². The third-order valence-electron chi connectivity index (χ3n) is 1.73. The van der Waals surface area contributed by atoms with Crippen molar-refractivity contribution in [2.24, 2.45) is 5.41 Å². The van der Waals surface area contributed by atoms with Gasteiger partial charge in [-0.25, -0.2) is 4.39 Å². The average molecular weight is 154 g/mol. The molecule has 0 aromatic rings. The van der Waals surface area contributed by atoms with E-state index in [1.54, 1.807) is 6.08 Å². The summed E-state index contributed by atoms with van der Waals surface area (Å²) in [7, 11) is 0. The summed E-state index contributed by atoms with van der Waals surface area (Å²) in [4.78, 5) is 10.8. The van der Waals surface area contributed by atoms with Crippen LogP contribution in [0.25, 0.3) is 0 Å². The summed E-state index contributed by atoms with van der Waals surface area (Å²) < 4.78 is 12.6. The van der Waals surface area contributed by atoms with E-state index in [9.17, 15) is 9.18 Å². The largest absolute Gasteiger partial charge is 0.287 e. The average Bonchev–Trinajstić information content (AvgIpc) is 2.03. The Morgan fingerprint density at radius 3 is 2.82 bits per heavy atom. The number of hydrogen-bond acceptors (Lipinski definition) is 1. The van der Waals surface area contributed by atoms with Crippen LogP contribution in [0, 0.1) is 5.41 Å². The Bertz CT molecular complexity index is 236. The van der Waals surface area contributed by atoms with Crippen LogP contribution in [0.1, 0.15) is 20.3 Å². The third kappa shape index (κ3) is 2.00. The molecule has 0 fully saturated rings. The Morgan fingerprint density at radius 2 is 2.18 bits per heavy atom. The summed E-state index contributed by atoms with van der Waals surface area (Å²) in [5, 5.41) is 0. The maximum Gasteiger partial charge on any atom is 0.213 e. The van der Waals surface area contributed by atoms with Crippen LogP contribution in [0.4, 0.5) is 4.39 Å². The lowest BCUT2D eigenvalue weighted by Gasteiger charge is -2.15. The van der Waals surface area contributed by atoms with Gasteiger partial charge in [-0.15, -0.1) is 0 Å². The van der Waals surface area contributed by atoms with E-state index in [4.69, 9.17) is 0 Å². The van der Waals surface area contributed by atoms with Gasteiger partial charge in [0, 0.05) is 0 Å². The van der Waals surface area contributed by atoms with E-state index in [0.717, 1.165) is 0 Å². The van der Waals surface area contributed by atoms with Crippen molar-refractivity contribution in [3.8, 4) is 0 Å². The van der Waals surface area contributed by atoms with Gasteiger partial charge in [-0.05, 0) is 24.0 Å². The molecule has 2 heteroatoms. The third-order valence-corrected chi connectivity index (χ3v) is 1.73. The number of allylic oxidation sites excluding steroid dienone is 4. The fourth-order valence-electron chi connectivity index (χ4n) is 0.902. The molecule has 0 aliphatic heterocycles. The Balaban J connectivity index is 2.92. The number of ketones is 1. The smallest absolute Gasteiger partial charge is 0.213 e. The van der Waals surface area contributed by atoms with E-state index in [2.05, 4.69) is 0 Å². The fraction of sp³-hybridized carbons (Fsp3) is 0.444. The van der Waals surface area contributed by atoms with Crippen molar-refractivity contribution in [1.29, 1.82) is 0 Å². The van der Waals surface area contributed by atoms with Crippen LogP contribution < -0.4 is 0 Å². The zero-order chi connectivity index (χ0) is 8.48. The van der Waals surface area contributed by atoms with Crippen LogP contribution in [0.5, 0.6) is 0 Å². The first-order chi connectivity index (χ1) is 5.01. The molecule has 0 unspecified atom stereocenters. The number of carbonyl (C=O) groups excluding carboxylic acids is 1. The van der Waals surface area contributed by atoms with Crippen molar-refractivity contribution in [1.82, 2.24) is 0 Å². The van der Waals surface area contributed by atoms with E-state index in [0.29, 0.717) is 6.42 Å². The highest BCUT2D eigenvalue weighted by Gasteiger charge is 2.18. The van der Waals surface area contributed by atoms with E-state index in [1.807, 2.05) is 13.8 Å². The minimum atomic E-state index is -0.633. The number of rotatable bonds is 0. The first-order valence-corrected chi connectivity index (χ1v) is 3.60. The standard InChI is InChI=1S/C9H11FO/c1-9(2)5-3-7(10)8(11)4-6-9/h3-4,6H,5H2,1-2H3. The summed E-state index contributed by atoms with van der Waals surface area (Å²) in [5.74, 6) is -1.15. The zero-order valence-electron chi connectivity index (χ0n) is 6.73. The first-order valence-electron chi connectivity index (χ1n) is 3.60. The van der Waals surface area contributed by atoms with Crippen molar-refractivity contribution in [2.75, 3.05) is 0 Å². The maximum atomic E-state index is 12.6. The predicted octanol–water partition coefficient (Wildman–Crippen LogP) is 2.40. The van der Waals surface area contributed by atoms with E-state index in [1.165, 1.54) is 12.2 Å². The molecule has 0 amide bonds. The van der Waals surface area contributed by atoms with Crippen LogP contribution in [0.15, 0.2) is 24.1 Å². The fourth-order valence-corrected chi connectivity index (χ4v) is 0.902. The van der Waals surface area contributed by atoms with Gasteiger partial charge in [0.1, 0.15) is 0 Å². The molecule has 0 spiro atoms. The van der Waals surface area contributed by atoms with Crippen LogP contribution >= 0.6 is 0 Å². The summed E-state index contributed by atoms with van der Waals surface area (Å²) in [6.45, 7) is 3.93. The maximum absolute atomic E-state index is 12.6. The molecule has 0 bridgehead atoms. The molecule has 0 heterocycles. The van der Waals surface area contributed by atoms with Gasteiger partial charge in [0.05, 0.1) is 0 Å². The lowest BCUT2D eigenvalue weighted by atomic mass is 9.90. The summed E-state index contributed by atoms with van der Waals surface area (Å²) in [6, 6.07) is 0. The first kappa shape index (κ1) is 8.18. The lowest BCUT2D eigenvalue weighted by Crippen LogP contribution is -2.03. The quantitative estimate of drug-likeness (QED) is 0.523. The Morgan fingerprint density at radius 1 is 1.55 bits per heavy atom. The SMILES string of the molecule is CC1(C)C=CC(=O)C(F)=CC1. The molecule has 1 nitrogen and oxygen atoms in total. The van der Waals surface area contributed by atoms with Gasteiger partial charge >= 0.3 is 0 Å². The van der Waals surface area contributed by atoms with Gasteiger partial charge < -0.3 is 0 Å². The molecule has 11 heavy (non-hydrogen) atoms. The molecular weight excluding hydrogens is 143 g/mol. The summed E-state index contributed by atoms with van der Waals surface area (Å²) >= 11 is 0. The predicted molar refractivity (Wildman–Crippen MR) is 41.7 cm³/mol. The highest BCUT2D eigenvalue weighted by Crippen LogP contribution is 2.26. The molecule has 0 aromatic carbocycles. The highest BCUT2D eigenvalue weighted by molar-refractivity contribution is 6.02. The minimum Gasteiger partial charge on any atom is -0.287 e. The second kappa shape index (κ2) is 2.61. The molecular formula is C9H11FO. The Kier molecular flexibility index (Phi) is 1.94. The van der Waals surface area contributed by atoms with Gasteiger partial charge in [0.15, 0.2) is 5.83 Å². The Labute approximate surface area is 65.6 Å². The minimum absolute atomic E-state index is 0.0937. The highest BCUT2D eigenvalue weighted by atomic mass is 19.1. The van der Waals surface area contributed by atoms with Crippen LogP contribution in [-0.4, -0.2) is 5.78 Å². The number of halogens is 1. The van der Waals surface area contributed by atoms with Gasteiger partial charge in [0.2, 0.25) is 5.78 Å². The molecule has 0 saturated carbocycles. The topological polar surface area (TPSA) is 17.1 Å². The summed E-state index contributed by atoms with van der Waals surface area (Å²) in [6.07, 6.45) is 4.99. The van der Waals surface area contributed by atoms with Gasteiger partial charge in [0.25, 0.3) is 0 Å². The number of hydrogen-bond donors (Lipinski definition) is 0. The van der Waals surface area contributed by atoms with E-state index in [-0.39, 0.29) is 5.41 Å². The zero-order valence-corrected chi connectivity index (χ0v) is 6.73. The van der Waals surface area contributed by atoms with Crippen molar-refractivity contribution in [3.05, 3.63) is 24.1 Å². The van der Waals surface area contributed by atoms with Gasteiger partial charge in [-0.3, -0.25) is 4.79 Å². The molecule has 0 N–H and O–H groups in total. The van der Waals surface area contributed by atoms with Gasteiger partial charge in [-0.2, -0.15) is 0 Å². The summed E-state index contributed by atoms with van der Waals surface area (Å²) in [5.41, 5.74) is -0.0937. The molecule has 1 aliphatic carbocycles. The molecule has 1 rings (SSSR count). The number of carbonyl (C=O) groups is 1. The van der Waals surface area contributed by atoms with Crippen LogP contribution in [-0.2, 0) is 4.79 Å². The van der Waals surface area contributed by atoms with Crippen molar-refractivity contribution < 1.29 is 9.18 Å². The van der Waals surface area contributed by atoms with E-state index >= 15 is 0 Å². The lowest BCUT2D eigenvalue weighted by molar-refractivity contribution is -0.112. The molecule has 60 valence electrons. The van der Waals surface area contributed by atoms with Crippen LogP contribution in [0.3, 0.4) is 0 Å². The molecule has 0 radical (unpaired) electrons. The second-order valence-corrected chi connectivity index (χ2v) is 3.44. The van der Waals surface area contributed by atoms with Crippen molar-refractivity contribution in [2.45, 2.75) is 20.3 Å². The normalized spacial score (nSPS) is 22.8. The van der Waals surface area contributed by atoms with Gasteiger partial charge in [-0.1, -0.05) is 19.9 Å². The molecule has 0 aromatic heterocycles. The molecule has 1 aliphatic rings. The molecule has 0 saturated heterocycles. The monoisotopic (exact) mass is 154 g/mol. The van der Waals surface area contributed by atoms with Crippen molar-refractivity contribution in [3.63, 3.8) is 0 Å². The van der Waals surface area contributed by atoms with Crippen LogP contribution in [0.2, 0.25) is 0 Å². The molecule has 0 atom stereocenters. The Hall–Kier alpha value is -0.920. The van der Waals surface area contributed by atoms with E-state index < -0.39 is 11.6 Å².